The van der Waals surface area contributed by atoms with Crippen LogP contribution in [0, 0.1) is 5.92 Å². The number of nitrogens with two attached hydrogens (primary N) is 1. The van der Waals surface area contributed by atoms with E-state index in [-0.39, 0.29) is 31.2 Å². The van der Waals surface area contributed by atoms with Gasteiger partial charge < -0.3 is 10.8 Å². The van der Waals surface area contributed by atoms with Gasteiger partial charge in [0.25, 0.3) is 5.91 Å². The molecule has 0 spiro atoms. The van der Waals surface area contributed by atoms with Gasteiger partial charge in [-0.25, -0.2) is 5.06 Å². The van der Waals surface area contributed by atoms with Gasteiger partial charge in [0.2, 0.25) is 0 Å². The lowest BCUT2D eigenvalue weighted by Crippen LogP contribution is -2.44. The number of hydroxylamine groups is 2. The van der Waals surface area contributed by atoms with Crippen LogP contribution in [0.15, 0.2) is 0 Å². The number of aliphatic hydroxyl groups excluding tert-OH is 1. The summed E-state index contributed by atoms with van der Waals surface area (Å²) in [5.74, 6) is 0.149. The first-order valence-electron chi connectivity index (χ1n) is 9.68. The van der Waals surface area contributed by atoms with E-state index >= 15 is 0 Å². The molecule has 0 bridgehead atoms. The summed E-state index contributed by atoms with van der Waals surface area (Å²) >= 11 is 0. The molecule has 1 atom stereocenters. The second kappa shape index (κ2) is 17.1. The maximum atomic E-state index is 11.7. The van der Waals surface area contributed by atoms with E-state index in [1.54, 1.807) is 0 Å². The van der Waals surface area contributed by atoms with Crippen molar-refractivity contribution in [2.24, 2.45) is 11.7 Å². The van der Waals surface area contributed by atoms with Crippen molar-refractivity contribution in [2.45, 2.75) is 84.1 Å². The van der Waals surface area contributed by atoms with Gasteiger partial charge in [-0.15, -0.1) is 12.4 Å². The molecule has 0 aliphatic carbocycles. The van der Waals surface area contributed by atoms with E-state index in [0.29, 0.717) is 36.0 Å². The highest BCUT2D eigenvalue weighted by Crippen LogP contribution is 2.11. The molecular formula is C19H37ClN2O5. The zero-order valence-corrected chi connectivity index (χ0v) is 17.5. The minimum absolute atomic E-state index is 0. The third kappa shape index (κ3) is 15.7. The number of hydrogen-bond acceptors (Lipinski definition) is 6. The number of nitrogens with zero attached hydrogens (tertiary/aromatic N) is 1. The van der Waals surface area contributed by atoms with Crippen LogP contribution in [0.1, 0.15) is 78.1 Å². The predicted molar refractivity (Wildman–Crippen MR) is 107 cm³/mol. The first-order valence-corrected chi connectivity index (χ1v) is 9.68. The van der Waals surface area contributed by atoms with Crippen LogP contribution in [-0.4, -0.2) is 52.0 Å². The SMILES string of the molecule is CC(C)CCCC(=O)CCCCCCC(=O)CCN(O)C(=O)[C@@H](N)CO.Cl. The third-order valence-electron chi connectivity index (χ3n) is 4.27. The zero-order valence-electron chi connectivity index (χ0n) is 16.7. The highest BCUT2D eigenvalue weighted by molar-refractivity contribution is 5.85. The van der Waals surface area contributed by atoms with Crippen molar-refractivity contribution in [3.05, 3.63) is 0 Å². The maximum Gasteiger partial charge on any atom is 0.265 e. The Morgan fingerprint density at radius 2 is 1.37 bits per heavy atom. The summed E-state index contributed by atoms with van der Waals surface area (Å²) in [6, 6.07) is -1.16. The molecule has 0 heterocycles. The van der Waals surface area contributed by atoms with Crippen molar-refractivity contribution in [2.75, 3.05) is 13.2 Å². The largest absolute Gasteiger partial charge is 0.394 e. The van der Waals surface area contributed by atoms with E-state index in [0.717, 1.165) is 38.5 Å². The highest BCUT2D eigenvalue weighted by atomic mass is 35.5. The molecule has 0 radical (unpaired) electrons. The predicted octanol–water partition coefficient (Wildman–Crippen LogP) is 2.64. The molecule has 0 aromatic carbocycles. The lowest BCUT2D eigenvalue weighted by molar-refractivity contribution is -0.168. The first-order chi connectivity index (χ1) is 12.3. The van der Waals surface area contributed by atoms with E-state index in [1.807, 2.05) is 0 Å². The van der Waals surface area contributed by atoms with Crippen molar-refractivity contribution in [1.82, 2.24) is 5.06 Å². The maximum absolute atomic E-state index is 11.7. The molecular weight excluding hydrogens is 372 g/mol. The second-order valence-corrected chi connectivity index (χ2v) is 7.28. The number of unbranched alkanes of at least 4 members (excludes halogenated alkanes) is 3. The fraction of sp³-hybridized carbons (Fsp3) is 0.842. The molecule has 0 fully saturated rings. The molecule has 8 heteroatoms. The molecule has 0 saturated carbocycles. The smallest absolute Gasteiger partial charge is 0.265 e. The van der Waals surface area contributed by atoms with Crippen LogP contribution in [-0.2, 0) is 14.4 Å². The Morgan fingerprint density at radius 1 is 0.889 bits per heavy atom. The molecule has 27 heavy (non-hydrogen) atoms. The van der Waals surface area contributed by atoms with E-state index in [9.17, 15) is 19.6 Å². The van der Waals surface area contributed by atoms with Gasteiger partial charge in [-0.05, 0) is 25.2 Å². The Balaban J connectivity index is 0. The van der Waals surface area contributed by atoms with Gasteiger partial charge in [0.15, 0.2) is 0 Å². The van der Waals surface area contributed by atoms with Crippen molar-refractivity contribution in [3.63, 3.8) is 0 Å². The van der Waals surface area contributed by atoms with Crippen LogP contribution >= 0.6 is 12.4 Å². The standard InChI is InChI=1S/C19H36N2O5.ClH/c1-15(2)8-7-11-16(23)9-5-3-4-6-10-17(24)12-13-21(26)19(25)18(20)14-22;/h15,18,22,26H,3-14,20H2,1-2H3;1H/t18-;/m0./s1. The van der Waals surface area contributed by atoms with Crippen LogP contribution in [0.25, 0.3) is 0 Å². The molecule has 1 amide bonds. The Labute approximate surface area is 169 Å². The number of Topliss-reactive ketones (excluding diaryl/α,β-unsaturated/α-hetero) is 2. The molecule has 0 aliphatic heterocycles. The van der Waals surface area contributed by atoms with Gasteiger partial charge >= 0.3 is 0 Å². The highest BCUT2D eigenvalue weighted by Gasteiger charge is 2.19. The van der Waals surface area contributed by atoms with Crippen molar-refractivity contribution in [3.8, 4) is 0 Å². The Bertz CT molecular complexity index is 432. The summed E-state index contributed by atoms with van der Waals surface area (Å²) in [5.41, 5.74) is 5.30. The summed E-state index contributed by atoms with van der Waals surface area (Å²) in [6.45, 7) is 3.65. The van der Waals surface area contributed by atoms with Gasteiger partial charge in [-0.3, -0.25) is 19.6 Å². The molecule has 160 valence electrons. The molecule has 7 nitrogen and oxygen atoms in total. The first kappa shape index (κ1) is 28.2. The Kier molecular flexibility index (Phi) is 17.9. The molecule has 0 rings (SSSR count). The van der Waals surface area contributed by atoms with Gasteiger partial charge in [0.1, 0.15) is 17.6 Å². The fourth-order valence-corrected chi connectivity index (χ4v) is 2.57. The molecule has 0 saturated heterocycles. The second-order valence-electron chi connectivity index (χ2n) is 7.28. The molecule has 0 unspecified atom stereocenters. The Morgan fingerprint density at radius 3 is 1.85 bits per heavy atom. The summed E-state index contributed by atoms with van der Waals surface area (Å²) in [4.78, 5) is 34.9. The van der Waals surface area contributed by atoms with E-state index in [2.05, 4.69) is 13.8 Å². The average molecular weight is 409 g/mol. The Hall–Kier alpha value is -1.02. The summed E-state index contributed by atoms with van der Waals surface area (Å²) in [6.07, 6.45) is 7.26. The van der Waals surface area contributed by atoms with Gasteiger partial charge in [-0.2, -0.15) is 0 Å². The van der Waals surface area contributed by atoms with Crippen LogP contribution in [0.3, 0.4) is 0 Å². The minimum Gasteiger partial charge on any atom is -0.394 e. The topological polar surface area (TPSA) is 121 Å². The molecule has 4 N–H and O–H groups in total. The number of aliphatic hydroxyl groups is 1. The van der Waals surface area contributed by atoms with Crippen molar-refractivity contribution >= 4 is 29.9 Å². The monoisotopic (exact) mass is 408 g/mol. The quantitative estimate of drug-likeness (QED) is 0.205. The lowest BCUT2D eigenvalue weighted by atomic mass is 10.0. The van der Waals surface area contributed by atoms with Crippen LogP contribution in [0.4, 0.5) is 0 Å². The van der Waals surface area contributed by atoms with Crippen LogP contribution < -0.4 is 5.73 Å². The summed E-state index contributed by atoms with van der Waals surface area (Å²) < 4.78 is 0. The number of hydrogen-bond donors (Lipinski definition) is 3. The lowest BCUT2D eigenvalue weighted by Gasteiger charge is -2.17. The van der Waals surface area contributed by atoms with E-state index < -0.39 is 18.6 Å². The number of carbonyl (C=O) groups is 3. The van der Waals surface area contributed by atoms with Crippen molar-refractivity contribution in [1.29, 1.82) is 0 Å². The van der Waals surface area contributed by atoms with Gasteiger partial charge in [-0.1, -0.05) is 33.1 Å². The number of halogens is 1. The van der Waals surface area contributed by atoms with E-state index in [1.165, 1.54) is 0 Å². The number of ketones is 2. The van der Waals surface area contributed by atoms with Gasteiger partial charge in [0.05, 0.1) is 13.2 Å². The molecule has 0 aliphatic rings. The van der Waals surface area contributed by atoms with Crippen molar-refractivity contribution < 1.29 is 24.7 Å². The normalized spacial score (nSPS) is 11.8. The average Bonchev–Trinajstić information content (AvgIpc) is 2.60. The van der Waals surface area contributed by atoms with Crippen LogP contribution in [0.2, 0.25) is 0 Å². The number of carbonyl (C=O) groups excluding carboxylic acids is 3. The van der Waals surface area contributed by atoms with E-state index in [4.69, 9.17) is 10.8 Å². The fourth-order valence-electron chi connectivity index (χ4n) is 2.57. The summed E-state index contributed by atoms with van der Waals surface area (Å²) in [7, 11) is 0. The minimum atomic E-state index is -1.16. The number of amides is 1. The third-order valence-corrected chi connectivity index (χ3v) is 4.27. The van der Waals surface area contributed by atoms with Crippen LogP contribution in [0.5, 0.6) is 0 Å². The molecule has 0 aromatic heterocycles. The zero-order chi connectivity index (χ0) is 19.9. The number of rotatable bonds is 16. The van der Waals surface area contributed by atoms with Gasteiger partial charge in [0, 0.05) is 25.7 Å². The molecule has 0 aromatic rings. The summed E-state index contributed by atoms with van der Waals surface area (Å²) in [5, 5.41) is 18.6.